The highest BCUT2D eigenvalue weighted by atomic mass is 35.5. The number of rotatable bonds is 3. The van der Waals surface area contributed by atoms with E-state index < -0.39 is 6.04 Å². The number of amides is 2. The minimum atomic E-state index is -0.492. The molecule has 37 heavy (non-hydrogen) atoms. The van der Waals surface area contributed by atoms with Gasteiger partial charge < -0.3 is 14.8 Å². The van der Waals surface area contributed by atoms with Crippen molar-refractivity contribution >= 4 is 23.3 Å². The maximum atomic E-state index is 13.9. The van der Waals surface area contributed by atoms with E-state index in [9.17, 15) is 9.18 Å². The van der Waals surface area contributed by atoms with Crippen molar-refractivity contribution in [3.8, 4) is 11.5 Å². The molecule has 2 amide bonds. The molecule has 1 atom stereocenters. The molecule has 2 aromatic heterocycles. The number of fused-ring (bicyclic) bond motifs is 3. The van der Waals surface area contributed by atoms with Crippen molar-refractivity contribution < 1.29 is 9.18 Å². The summed E-state index contributed by atoms with van der Waals surface area (Å²) in [6.07, 6.45) is 1.97. The summed E-state index contributed by atoms with van der Waals surface area (Å²) < 4.78 is 17.9. The monoisotopic (exact) mass is 511 g/mol. The molecule has 0 radical (unpaired) electrons. The Morgan fingerprint density at radius 3 is 2.46 bits per heavy atom. The normalized spacial score (nSPS) is 14.6. The standard InChI is InChI=1S/C29H23ClFN5O/c1-19-23-18-35(29(37)32-25-11-6-5-10-24(25)30)27(20-13-15-21(31)16-14-20)26-12-7-17-34(26)28(23)36(33-19)22-8-3-2-4-9-22/h2-17,27H,18H2,1H3,(H,32,37). The van der Waals surface area contributed by atoms with Crippen molar-refractivity contribution in [3.05, 3.63) is 131 Å². The maximum Gasteiger partial charge on any atom is 0.323 e. The number of aryl methyl sites for hydroxylation is 1. The van der Waals surface area contributed by atoms with Crippen LogP contribution in [0.5, 0.6) is 0 Å². The Morgan fingerprint density at radius 1 is 0.973 bits per heavy atom. The fourth-order valence-electron chi connectivity index (χ4n) is 4.89. The number of anilines is 1. The molecule has 1 unspecified atom stereocenters. The largest absolute Gasteiger partial charge is 0.323 e. The molecule has 0 bridgehead atoms. The van der Waals surface area contributed by atoms with Gasteiger partial charge in [0.2, 0.25) is 0 Å². The first-order valence-corrected chi connectivity index (χ1v) is 12.3. The van der Waals surface area contributed by atoms with E-state index in [1.165, 1.54) is 12.1 Å². The van der Waals surface area contributed by atoms with Crippen LogP contribution in [-0.2, 0) is 6.54 Å². The number of urea groups is 1. The van der Waals surface area contributed by atoms with E-state index in [1.807, 2.05) is 72.4 Å². The molecule has 184 valence electrons. The van der Waals surface area contributed by atoms with Crippen LogP contribution >= 0.6 is 11.6 Å². The number of hydrogen-bond acceptors (Lipinski definition) is 2. The summed E-state index contributed by atoms with van der Waals surface area (Å²) >= 11 is 6.36. The summed E-state index contributed by atoms with van der Waals surface area (Å²) in [6, 6.07) is 26.4. The van der Waals surface area contributed by atoms with E-state index in [2.05, 4.69) is 9.88 Å². The number of benzene rings is 3. The lowest BCUT2D eigenvalue weighted by atomic mass is 10.0. The second kappa shape index (κ2) is 9.26. The Balaban J connectivity index is 1.54. The summed E-state index contributed by atoms with van der Waals surface area (Å²) in [5.74, 6) is 0.530. The summed E-state index contributed by atoms with van der Waals surface area (Å²) in [4.78, 5) is 15.6. The van der Waals surface area contributed by atoms with Crippen LogP contribution in [0.25, 0.3) is 11.5 Å². The smallest absolute Gasteiger partial charge is 0.307 e. The molecule has 1 aliphatic heterocycles. The molecule has 0 saturated carbocycles. The van der Waals surface area contributed by atoms with Gasteiger partial charge in [0.1, 0.15) is 11.6 Å². The molecule has 0 aliphatic carbocycles. The van der Waals surface area contributed by atoms with Gasteiger partial charge in [-0.1, -0.05) is 54.1 Å². The quantitative estimate of drug-likeness (QED) is 0.286. The summed E-state index contributed by atoms with van der Waals surface area (Å²) in [6.45, 7) is 2.23. The lowest BCUT2D eigenvalue weighted by molar-refractivity contribution is 0.194. The topological polar surface area (TPSA) is 55.1 Å². The SMILES string of the molecule is Cc1nn(-c2ccccc2)c2c1CN(C(=O)Nc1ccccc1Cl)C(c1ccc(F)cc1)c1cccn1-2. The van der Waals surface area contributed by atoms with E-state index in [1.54, 1.807) is 29.2 Å². The first kappa shape index (κ1) is 23.1. The minimum absolute atomic E-state index is 0.286. The zero-order chi connectivity index (χ0) is 25.5. The summed E-state index contributed by atoms with van der Waals surface area (Å²) in [7, 11) is 0. The van der Waals surface area contributed by atoms with Crippen LogP contribution in [0.4, 0.5) is 14.9 Å². The fourth-order valence-corrected chi connectivity index (χ4v) is 5.08. The van der Waals surface area contributed by atoms with Gasteiger partial charge in [-0.25, -0.2) is 13.9 Å². The molecule has 1 N–H and O–H groups in total. The van der Waals surface area contributed by atoms with Crippen LogP contribution < -0.4 is 5.32 Å². The highest BCUT2D eigenvalue weighted by Crippen LogP contribution is 2.39. The molecule has 8 heteroatoms. The Kier molecular flexibility index (Phi) is 5.77. The molecule has 1 aliphatic rings. The molecule has 3 heterocycles. The first-order chi connectivity index (χ1) is 18.0. The summed E-state index contributed by atoms with van der Waals surface area (Å²) in [5, 5.41) is 8.27. The highest BCUT2D eigenvalue weighted by Gasteiger charge is 2.36. The molecule has 0 fully saturated rings. The second-order valence-corrected chi connectivity index (χ2v) is 9.34. The minimum Gasteiger partial charge on any atom is -0.307 e. The van der Waals surface area contributed by atoms with Gasteiger partial charge in [0, 0.05) is 11.8 Å². The lowest BCUT2D eigenvalue weighted by Crippen LogP contribution is -2.38. The van der Waals surface area contributed by atoms with Gasteiger partial charge in [0.25, 0.3) is 0 Å². The van der Waals surface area contributed by atoms with Crippen molar-refractivity contribution in [1.82, 2.24) is 19.2 Å². The number of nitrogens with zero attached hydrogens (tertiary/aromatic N) is 4. The van der Waals surface area contributed by atoms with Crippen molar-refractivity contribution in [2.45, 2.75) is 19.5 Å². The van der Waals surface area contributed by atoms with Gasteiger partial charge in [0.15, 0.2) is 0 Å². The van der Waals surface area contributed by atoms with E-state index in [0.717, 1.165) is 34.0 Å². The third-order valence-electron chi connectivity index (χ3n) is 6.65. The first-order valence-electron chi connectivity index (χ1n) is 11.9. The van der Waals surface area contributed by atoms with Gasteiger partial charge in [-0.2, -0.15) is 5.10 Å². The van der Waals surface area contributed by atoms with Crippen molar-refractivity contribution in [1.29, 1.82) is 0 Å². The zero-order valence-corrected chi connectivity index (χ0v) is 20.7. The fraction of sp³-hybridized carbons (Fsp3) is 0.103. The average molecular weight is 512 g/mol. The third-order valence-corrected chi connectivity index (χ3v) is 6.98. The van der Waals surface area contributed by atoms with Gasteiger partial charge >= 0.3 is 6.03 Å². The Bertz CT molecular complexity index is 1590. The average Bonchev–Trinajstić information content (AvgIpc) is 3.47. The maximum absolute atomic E-state index is 13.9. The molecule has 0 spiro atoms. The van der Waals surface area contributed by atoms with Crippen LogP contribution in [0.15, 0.2) is 97.2 Å². The van der Waals surface area contributed by atoms with Crippen LogP contribution in [0.1, 0.15) is 28.6 Å². The lowest BCUT2D eigenvalue weighted by Gasteiger charge is -2.31. The molecule has 0 saturated heterocycles. The second-order valence-electron chi connectivity index (χ2n) is 8.93. The number of halogens is 2. The van der Waals surface area contributed by atoms with Crippen LogP contribution in [0, 0.1) is 12.7 Å². The molecule has 3 aromatic carbocycles. The predicted octanol–water partition coefficient (Wildman–Crippen LogP) is 6.90. The van der Waals surface area contributed by atoms with Crippen molar-refractivity contribution in [2.24, 2.45) is 0 Å². The number of nitrogens with one attached hydrogen (secondary N) is 1. The number of aromatic nitrogens is 3. The third kappa shape index (κ3) is 4.07. The number of para-hydroxylation sites is 2. The van der Waals surface area contributed by atoms with Crippen LogP contribution in [-0.4, -0.2) is 25.3 Å². The predicted molar refractivity (Wildman–Crippen MR) is 142 cm³/mol. The highest BCUT2D eigenvalue weighted by molar-refractivity contribution is 6.33. The van der Waals surface area contributed by atoms with Crippen molar-refractivity contribution in [3.63, 3.8) is 0 Å². The van der Waals surface area contributed by atoms with E-state index in [4.69, 9.17) is 16.7 Å². The number of hydrogen-bond donors (Lipinski definition) is 1. The van der Waals surface area contributed by atoms with Crippen LogP contribution in [0.3, 0.4) is 0 Å². The van der Waals surface area contributed by atoms with E-state index >= 15 is 0 Å². The molecule has 6 rings (SSSR count). The Hall–Kier alpha value is -4.36. The van der Waals surface area contributed by atoms with E-state index in [0.29, 0.717) is 10.7 Å². The molecular formula is C29H23ClFN5O. The van der Waals surface area contributed by atoms with Crippen LogP contribution in [0.2, 0.25) is 5.02 Å². The Labute approximate surface area is 218 Å². The van der Waals surface area contributed by atoms with Crippen molar-refractivity contribution in [2.75, 3.05) is 5.32 Å². The van der Waals surface area contributed by atoms with Gasteiger partial charge in [-0.3, -0.25) is 0 Å². The summed E-state index contributed by atoms with van der Waals surface area (Å²) in [5.41, 5.74) is 4.81. The number of carbonyl (C=O) groups is 1. The van der Waals surface area contributed by atoms with Gasteiger partial charge in [0.05, 0.1) is 40.4 Å². The molecule has 5 aromatic rings. The van der Waals surface area contributed by atoms with Gasteiger partial charge in [-0.15, -0.1) is 0 Å². The Morgan fingerprint density at radius 2 is 1.70 bits per heavy atom. The molecule has 6 nitrogen and oxygen atoms in total. The zero-order valence-electron chi connectivity index (χ0n) is 20.0. The molecular weight excluding hydrogens is 489 g/mol. The van der Waals surface area contributed by atoms with E-state index in [-0.39, 0.29) is 18.4 Å². The number of carbonyl (C=O) groups excluding carboxylic acids is 1. The van der Waals surface area contributed by atoms with Gasteiger partial charge in [-0.05, 0) is 61.0 Å².